The summed E-state index contributed by atoms with van der Waals surface area (Å²) in [6, 6.07) is 0. The Hall–Kier alpha value is 0.220. The Balaban J connectivity index is 2.17. The van der Waals surface area contributed by atoms with E-state index in [2.05, 4.69) is 11.8 Å². The van der Waals surface area contributed by atoms with Gasteiger partial charge in [-0.1, -0.05) is 19.3 Å². The quantitative estimate of drug-likeness (QED) is 0.830. The highest BCUT2D eigenvalue weighted by Gasteiger charge is 2.43. The van der Waals surface area contributed by atoms with Gasteiger partial charge in [-0.2, -0.15) is 11.8 Å². The summed E-state index contributed by atoms with van der Waals surface area (Å²) in [5.74, 6) is 2.43. The van der Waals surface area contributed by atoms with Crippen molar-refractivity contribution in [1.29, 1.82) is 0 Å². The Morgan fingerprint density at radius 3 is 2.58 bits per heavy atom. The predicted octanol–water partition coefficient (Wildman–Crippen LogP) is 1.31. The summed E-state index contributed by atoms with van der Waals surface area (Å²) in [6.07, 6.45) is 6.27. The molecule has 0 spiro atoms. The van der Waals surface area contributed by atoms with Crippen LogP contribution in [0, 0.1) is 5.92 Å². The fourth-order valence-electron chi connectivity index (χ4n) is 3.19. The van der Waals surface area contributed by atoms with E-state index in [4.69, 9.17) is 5.73 Å². The van der Waals surface area contributed by atoms with E-state index in [0.717, 1.165) is 24.6 Å². The van der Waals surface area contributed by atoms with Crippen LogP contribution < -0.4 is 5.73 Å². The third-order valence-corrected chi connectivity index (χ3v) is 7.31. The zero-order valence-electron chi connectivity index (χ0n) is 12.0. The lowest BCUT2D eigenvalue weighted by molar-refractivity contribution is 0.0644. The van der Waals surface area contributed by atoms with Crippen LogP contribution in [0.1, 0.15) is 32.6 Å². The molecule has 0 aromatic carbocycles. The Morgan fingerprint density at radius 2 is 2.11 bits per heavy atom. The van der Waals surface area contributed by atoms with E-state index in [0.29, 0.717) is 12.3 Å². The average Bonchev–Trinajstić information content (AvgIpc) is 2.33. The molecule has 6 heteroatoms. The van der Waals surface area contributed by atoms with Crippen molar-refractivity contribution in [2.75, 3.05) is 30.9 Å². The minimum atomic E-state index is -3.04. The van der Waals surface area contributed by atoms with Gasteiger partial charge in [0.2, 0.25) is 0 Å². The lowest BCUT2D eigenvalue weighted by atomic mass is 9.76. The summed E-state index contributed by atoms with van der Waals surface area (Å²) in [5, 5.41) is -0.361. The van der Waals surface area contributed by atoms with Crippen LogP contribution in [0.4, 0.5) is 0 Å². The van der Waals surface area contributed by atoms with Crippen LogP contribution >= 0.6 is 11.8 Å². The minimum Gasteiger partial charge on any atom is -0.329 e. The van der Waals surface area contributed by atoms with Gasteiger partial charge in [-0.05, 0) is 19.3 Å². The molecule has 112 valence electrons. The molecule has 2 rings (SSSR count). The van der Waals surface area contributed by atoms with Gasteiger partial charge >= 0.3 is 0 Å². The number of nitrogens with zero attached hydrogens (tertiary/aromatic N) is 1. The van der Waals surface area contributed by atoms with E-state index < -0.39 is 9.84 Å². The Morgan fingerprint density at radius 1 is 1.42 bits per heavy atom. The van der Waals surface area contributed by atoms with Gasteiger partial charge in [0.25, 0.3) is 0 Å². The van der Waals surface area contributed by atoms with Crippen molar-refractivity contribution in [3.63, 3.8) is 0 Å². The molecule has 0 bridgehead atoms. The monoisotopic (exact) mass is 306 g/mol. The molecule has 2 aliphatic rings. The number of rotatable bonds is 5. The molecule has 2 fully saturated rings. The highest BCUT2D eigenvalue weighted by molar-refractivity contribution is 8.00. The molecule has 0 aromatic heterocycles. The molecule has 0 aromatic rings. The fraction of sp³-hybridized carbons (Fsp3) is 1.00. The first-order valence-electron chi connectivity index (χ1n) is 7.10. The third kappa shape index (κ3) is 3.46. The van der Waals surface area contributed by atoms with E-state index in [1.54, 1.807) is 11.8 Å². The largest absolute Gasteiger partial charge is 0.329 e. The van der Waals surface area contributed by atoms with Crippen molar-refractivity contribution in [2.24, 2.45) is 11.7 Å². The second-order valence-electron chi connectivity index (χ2n) is 6.25. The van der Waals surface area contributed by atoms with E-state index in [1.807, 2.05) is 0 Å². The van der Waals surface area contributed by atoms with Crippen molar-refractivity contribution >= 4 is 21.6 Å². The predicted molar refractivity (Wildman–Crippen MR) is 82.1 cm³/mol. The molecule has 0 amide bonds. The number of sulfone groups is 1. The van der Waals surface area contributed by atoms with Crippen molar-refractivity contribution in [3.8, 4) is 0 Å². The molecule has 1 aliphatic heterocycles. The Bertz CT molecular complexity index is 409. The lowest BCUT2D eigenvalue weighted by Crippen LogP contribution is -2.61. The third-order valence-electron chi connectivity index (χ3n) is 4.67. The van der Waals surface area contributed by atoms with Crippen LogP contribution in [0.25, 0.3) is 0 Å². The number of thioether (sulfide) groups is 1. The SMILES string of the molecule is CC(CN)(CC1CCC1)N1CCSCC1S(C)(=O)=O. The van der Waals surface area contributed by atoms with Gasteiger partial charge < -0.3 is 5.73 Å². The summed E-state index contributed by atoms with van der Waals surface area (Å²) in [5.41, 5.74) is 5.86. The van der Waals surface area contributed by atoms with Gasteiger partial charge in [-0.15, -0.1) is 0 Å². The van der Waals surface area contributed by atoms with E-state index in [-0.39, 0.29) is 10.9 Å². The van der Waals surface area contributed by atoms with Gasteiger partial charge in [-0.3, -0.25) is 4.90 Å². The maximum Gasteiger partial charge on any atom is 0.164 e. The molecular weight excluding hydrogens is 280 g/mol. The molecule has 0 radical (unpaired) electrons. The molecule has 1 saturated heterocycles. The summed E-state index contributed by atoms with van der Waals surface area (Å²) in [6.45, 7) is 3.53. The van der Waals surface area contributed by atoms with Crippen LogP contribution in [0.3, 0.4) is 0 Å². The number of hydrogen-bond acceptors (Lipinski definition) is 5. The van der Waals surface area contributed by atoms with E-state index in [9.17, 15) is 8.42 Å². The topological polar surface area (TPSA) is 63.4 Å². The van der Waals surface area contributed by atoms with Crippen molar-refractivity contribution < 1.29 is 8.42 Å². The molecule has 1 heterocycles. The lowest BCUT2D eigenvalue weighted by Gasteiger charge is -2.49. The van der Waals surface area contributed by atoms with Gasteiger partial charge in [0.1, 0.15) is 5.37 Å². The molecule has 2 N–H and O–H groups in total. The number of hydrogen-bond donors (Lipinski definition) is 1. The Labute approximate surface area is 121 Å². The zero-order valence-corrected chi connectivity index (χ0v) is 13.6. The first kappa shape index (κ1) is 15.6. The fourth-order valence-corrected chi connectivity index (χ4v) is 6.16. The molecule has 1 saturated carbocycles. The van der Waals surface area contributed by atoms with Crippen LogP contribution in [-0.4, -0.2) is 55.1 Å². The zero-order chi connectivity index (χ0) is 14.1. The second-order valence-corrected chi connectivity index (χ2v) is 9.61. The molecule has 2 unspecified atom stereocenters. The molecule has 2 atom stereocenters. The second kappa shape index (κ2) is 5.92. The maximum atomic E-state index is 12.0. The average molecular weight is 306 g/mol. The number of nitrogens with two attached hydrogens (primary N) is 1. The van der Waals surface area contributed by atoms with Crippen molar-refractivity contribution in [3.05, 3.63) is 0 Å². The molecule has 4 nitrogen and oxygen atoms in total. The van der Waals surface area contributed by atoms with E-state index in [1.165, 1.54) is 25.5 Å². The van der Waals surface area contributed by atoms with Gasteiger partial charge in [0, 0.05) is 36.4 Å². The standard InChI is InChI=1S/C13H26N2O2S2/c1-13(10-14,8-11-4-3-5-11)15-6-7-18-9-12(15)19(2,16)17/h11-12H,3-10,14H2,1-2H3. The summed E-state index contributed by atoms with van der Waals surface area (Å²) < 4.78 is 24.1. The minimum absolute atomic E-state index is 0.167. The van der Waals surface area contributed by atoms with Gasteiger partial charge in [-0.25, -0.2) is 8.42 Å². The molecule has 19 heavy (non-hydrogen) atoms. The van der Waals surface area contributed by atoms with Crippen molar-refractivity contribution in [1.82, 2.24) is 4.90 Å². The highest BCUT2D eigenvalue weighted by Crippen LogP contribution is 2.38. The smallest absolute Gasteiger partial charge is 0.164 e. The first-order chi connectivity index (χ1) is 8.87. The van der Waals surface area contributed by atoms with Crippen LogP contribution in [0.5, 0.6) is 0 Å². The summed E-state index contributed by atoms with van der Waals surface area (Å²) >= 11 is 1.74. The Kier molecular flexibility index (Phi) is 4.86. The summed E-state index contributed by atoms with van der Waals surface area (Å²) in [4.78, 5) is 2.18. The molecular formula is C13H26N2O2S2. The van der Waals surface area contributed by atoms with Gasteiger partial charge in [0.15, 0.2) is 9.84 Å². The summed E-state index contributed by atoms with van der Waals surface area (Å²) in [7, 11) is -3.04. The van der Waals surface area contributed by atoms with Crippen LogP contribution in [-0.2, 0) is 9.84 Å². The highest BCUT2D eigenvalue weighted by atomic mass is 32.2. The van der Waals surface area contributed by atoms with Gasteiger partial charge in [0.05, 0.1) is 0 Å². The van der Waals surface area contributed by atoms with Crippen LogP contribution in [0.15, 0.2) is 0 Å². The normalized spacial score (nSPS) is 29.7. The van der Waals surface area contributed by atoms with Crippen LogP contribution in [0.2, 0.25) is 0 Å². The van der Waals surface area contributed by atoms with E-state index >= 15 is 0 Å². The molecule has 1 aliphatic carbocycles. The maximum absolute atomic E-state index is 12.0. The first-order valence-corrected chi connectivity index (χ1v) is 10.2. The van der Waals surface area contributed by atoms with Crippen molar-refractivity contribution in [2.45, 2.75) is 43.5 Å².